The van der Waals surface area contributed by atoms with Crippen molar-refractivity contribution < 1.29 is 0 Å². The summed E-state index contributed by atoms with van der Waals surface area (Å²) in [6.45, 7) is 0. The average molecular weight is 843 g/mol. The van der Waals surface area contributed by atoms with Gasteiger partial charge in [0.1, 0.15) is 0 Å². The van der Waals surface area contributed by atoms with E-state index in [4.69, 9.17) is 0 Å². The smallest absolute Gasteiger partial charge is 0.0940 e. The molecule has 8 aromatic rings. The number of para-hydroxylation sites is 2. The Labute approximate surface area is 335 Å². The summed E-state index contributed by atoms with van der Waals surface area (Å²) >= 11 is 11.2. The molecule has 9 heteroatoms. The van der Waals surface area contributed by atoms with Gasteiger partial charge in [0, 0.05) is 45.5 Å². The molecule has 8 rings (SSSR count). The summed E-state index contributed by atoms with van der Waals surface area (Å²) in [5.74, 6) is 0. The molecule has 0 radical (unpaired) electrons. The normalized spacial score (nSPS) is 11.0. The first-order valence-corrected chi connectivity index (χ1v) is 18.8. The zero-order chi connectivity index (χ0) is 37.0. The highest BCUT2D eigenvalue weighted by molar-refractivity contribution is 14.1. The molecule has 2 aromatic heterocycles. The van der Waals surface area contributed by atoms with Crippen LogP contribution in [0.2, 0.25) is 0 Å². The number of anilines is 3. The number of hydrogen-bond donors (Lipinski definition) is 3. The second-order valence-electron chi connectivity index (χ2n) is 11.9. The van der Waals surface area contributed by atoms with E-state index >= 15 is 0 Å². The number of aromatic nitrogens is 4. The van der Waals surface area contributed by atoms with Gasteiger partial charge in [-0.3, -0.25) is 0 Å². The summed E-state index contributed by atoms with van der Waals surface area (Å²) in [4.78, 5) is 2.15. The topological polar surface area (TPSA) is 50.9 Å². The Morgan fingerprint density at radius 3 is 1.49 bits per heavy atom. The van der Waals surface area contributed by atoms with Crippen LogP contribution in [0.25, 0.3) is 46.1 Å². The van der Waals surface area contributed by atoms with Crippen molar-refractivity contribution in [3.8, 4) is 0 Å². The van der Waals surface area contributed by atoms with Crippen LogP contribution in [-0.4, -0.2) is 32.5 Å². The van der Waals surface area contributed by atoms with Gasteiger partial charge >= 0.3 is 0 Å². The minimum atomic E-state index is 0.910. The summed E-state index contributed by atoms with van der Waals surface area (Å²) < 4.78 is 4.45. The van der Waals surface area contributed by atoms with E-state index in [1.165, 1.54) is 3.57 Å². The lowest BCUT2D eigenvalue weighted by Crippen LogP contribution is -2.08. The molecule has 0 saturated heterocycles. The molecule has 6 nitrogen and oxygen atoms in total. The number of benzene rings is 6. The van der Waals surface area contributed by atoms with E-state index < -0.39 is 0 Å². The Kier molecular flexibility index (Phi) is 13.1. The number of nitrogens with zero attached hydrogens (tertiary/aromatic N) is 5. The molecule has 0 fully saturated rings. The molecule has 0 spiro atoms. The average Bonchev–Trinajstić information content (AvgIpc) is 3.71. The van der Waals surface area contributed by atoms with Gasteiger partial charge in [0.05, 0.1) is 22.4 Å². The van der Waals surface area contributed by atoms with E-state index in [2.05, 4.69) is 161 Å². The van der Waals surface area contributed by atoms with Crippen LogP contribution in [0.5, 0.6) is 0 Å². The van der Waals surface area contributed by atoms with E-state index in [0.29, 0.717) is 0 Å². The Balaban J connectivity index is 0.000000155. The third-order valence-corrected chi connectivity index (χ3v) is 9.67. The predicted octanol–water partition coefficient (Wildman–Crippen LogP) is 11.9. The largest absolute Gasteiger partial charge is 0.388 e. The van der Waals surface area contributed by atoms with Crippen LogP contribution in [0.4, 0.5) is 17.1 Å². The first-order chi connectivity index (χ1) is 25.9. The van der Waals surface area contributed by atoms with Crippen LogP contribution in [-0.2, 0) is 0 Å². The molecule has 53 heavy (non-hydrogen) atoms. The van der Waals surface area contributed by atoms with Crippen LogP contribution >= 0.6 is 48.2 Å². The number of nitrogens with one attached hydrogen (secondary N) is 1. The quantitative estimate of drug-likeness (QED) is 0.111. The lowest BCUT2D eigenvalue weighted by atomic mass is 10.1. The van der Waals surface area contributed by atoms with Crippen molar-refractivity contribution in [2.45, 2.75) is 0 Å². The number of halogens is 1. The first-order valence-electron chi connectivity index (χ1n) is 17.0. The van der Waals surface area contributed by atoms with Crippen molar-refractivity contribution >= 4 is 111 Å². The Bertz CT molecular complexity index is 2430. The van der Waals surface area contributed by atoms with E-state index in [1.807, 2.05) is 104 Å². The highest BCUT2D eigenvalue weighted by Gasteiger charge is 2.11. The van der Waals surface area contributed by atoms with Crippen LogP contribution in [0, 0.1) is 3.57 Å². The highest BCUT2D eigenvalue weighted by atomic mass is 127. The molecule has 1 N–H and O–H groups in total. The number of thiol groups is 2. The molecule has 0 atom stereocenters. The number of fused-ring (bicyclic) bond motifs is 2. The van der Waals surface area contributed by atoms with Gasteiger partial charge < -0.3 is 10.2 Å². The Morgan fingerprint density at radius 2 is 1.00 bits per heavy atom. The van der Waals surface area contributed by atoms with Crippen molar-refractivity contribution in [1.82, 2.24) is 18.4 Å². The summed E-state index contributed by atoms with van der Waals surface area (Å²) in [6, 6.07) is 53.4. The first kappa shape index (κ1) is 37.5. The fourth-order valence-electron chi connectivity index (χ4n) is 5.55. The van der Waals surface area contributed by atoms with E-state index in [0.717, 1.165) is 61.4 Å². The zero-order valence-electron chi connectivity index (χ0n) is 29.3. The number of hydrogen-bond acceptors (Lipinski definition) is 6. The van der Waals surface area contributed by atoms with E-state index in [9.17, 15) is 0 Å². The molecule has 0 aliphatic heterocycles. The van der Waals surface area contributed by atoms with Gasteiger partial charge in [-0.15, -0.1) is 0 Å². The minimum Gasteiger partial charge on any atom is -0.388 e. The molecule has 0 amide bonds. The molecule has 6 aromatic carbocycles. The van der Waals surface area contributed by atoms with E-state index in [-0.39, 0.29) is 0 Å². The van der Waals surface area contributed by atoms with Crippen LogP contribution in [0.15, 0.2) is 158 Å². The summed E-state index contributed by atoms with van der Waals surface area (Å²) in [7, 11) is 3.97. The summed E-state index contributed by atoms with van der Waals surface area (Å²) in [6.07, 6.45) is 8.19. The molecule has 0 unspecified atom stereocenters. The van der Waals surface area contributed by atoms with Gasteiger partial charge in [-0.1, -0.05) is 109 Å². The monoisotopic (exact) mass is 842 g/mol. The standard InChI is InChI=1S/C22H19N3S.C15H11IN2S.C7H9N/c1-24(18-10-6-3-7-11-18)19-13-14-20-21(23-25(26)22(20)16-19)15-12-17-8-4-2-5-9-17;16-12-7-8-13-14(17-18(19)15(13)10-12)9-6-11-4-2-1-3-5-11;1-8-7-5-3-2-4-6-7/h2-16,26H,1H3;1-10,19H;2-6,8H,1H3/b15-12+;9-6+;. The van der Waals surface area contributed by atoms with E-state index in [1.54, 1.807) is 8.17 Å². The summed E-state index contributed by atoms with van der Waals surface area (Å²) in [5.41, 5.74) is 9.57. The molecule has 0 bridgehead atoms. The highest BCUT2D eigenvalue weighted by Crippen LogP contribution is 2.30. The minimum absolute atomic E-state index is 0.910. The van der Waals surface area contributed by atoms with Gasteiger partial charge in [0.2, 0.25) is 0 Å². The maximum Gasteiger partial charge on any atom is 0.0940 e. The fraction of sp³-hybridized carbons (Fsp3) is 0.0455. The predicted molar refractivity (Wildman–Crippen MR) is 242 cm³/mol. The molecule has 0 aliphatic rings. The Morgan fingerprint density at radius 1 is 0.547 bits per heavy atom. The lowest BCUT2D eigenvalue weighted by molar-refractivity contribution is 1.04. The van der Waals surface area contributed by atoms with Gasteiger partial charge in [0.25, 0.3) is 0 Å². The Hall–Kier alpha value is -5.23. The van der Waals surface area contributed by atoms with Gasteiger partial charge in [-0.2, -0.15) is 10.2 Å². The lowest BCUT2D eigenvalue weighted by Gasteiger charge is -2.19. The molecular formula is C44H39IN6S2. The van der Waals surface area contributed by atoms with Gasteiger partial charge in [-0.05, 0) is 132 Å². The second kappa shape index (κ2) is 18.5. The van der Waals surface area contributed by atoms with Gasteiger partial charge in [-0.25, -0.2) is 8.17 Å². The third-order valence-electron chi connectivity index (χ3n) is 8.39. The SMILES string of the molecule is CN(c1ccccc1)c1ccc2c(/C=C/c3ccccc3)nn(S)c2c1.CNc1ccccc1.Sn1nc(/C=C/c2ccccc2)c2ccc(I)cc21. The molecule has 0 saturated carbocycles. The van der Waals surface area contributed by atoms with Crippen LogP contribution < -0.4 is 10.2 Å². The molecule has 264 valence electrons. The summed E-state index contributed by atoms with van der Waals surface area (Å²) in [5, 5.41) is 14.2. The second-order valence-corrected chi connectivity index (χ2v) is 13.9. The van der Waals surface area contributed by atoms with Crippen molar-refractivity contribution in [2.75, 3.05) is 24.3 Å². The fourth-order valence-corrected chi connectivity index (χ4v) is 6.55. The zero-order valence-corrected chi connectivity index (χ0v) is 33.3. The molecular weight excluding hydrogens is 804 g/mol. The van der Waals surface area contributed by atoms with Crippen molar-refractivity contribution in [3.05, 3.63) is 184 Å². The van der Waals surface area contributed by atoms with Crippen LogP contribution in [0.3, 0.4) is 0 Å². The molecule has 2 heterocycles. The van der Waals surface area contributed by atoms with Crippen LogP contribution in [0.1, 0.15) is 22.5 Å². The van der Waals surface area contributed by atoms with Gasteiger partial charge in [0.15, 0.2) is 0 Å². The maximum absolute atomic E-state index is 4.55. The van der Waals surface area contributed by atoms with Crippen molar-refractivity contribution in [2.24, 2.45) is 0 Å². The third kappa shape index (κ3) is 10.0. The maximum atomic E-state index is 4.55. The number of rotatable bonds is 7. The molecule has 0 aliphatic carbocycles. The van der Waals surface area contributed by atoms with Crippen molar-refractivity contribution in [3.63, 3.8) is 0 Å². The van der Waals surface area contributed by atoms with Crippen molar-refractivity contribution in [1.29, 1.82) is 0 Å².